The number of benzene rings is 3. The molecule has 1 heterocycles. The molecule has 30 heavy (non-hydrogen) atoms. The lowest BCUT2D eigenvalue weighted by molar-refractivity contribution is -0.386. The average Bonchev–Trinajstić information content (AvgIpc) is 3.12. The molecule has 0 unspecified atom stereocenters. The third-order valence-corrected chi connectivity index (χ3v) is 4.93. The quantitative estimate of drug-likeness (QED) is 0.264. The first-order chi connectivity index (χ1) is 14.5. The van der Waals surface area contributed by atoms with E-state index in [0.717, 1.165) is 21.9 Å². The Labute approximate surface area is 177 Å². The molecule has 4 rings (SSSR count). The SMILES string of the molecule is Cc1noc(/C=C\c2c(OCc3ccc(Cl)cc3)ccc3ccccc23)c1[N+](=O)[O-]. The highest BCUT2D eigenvalue weighted by Gasteiger charge is 2.22. The zero-order chi connectivity index (χ0) is 21.1. The lowest BCUT2D eigenvalue weighted by atomic mass is 10.0. The molecule has 0 amide bonds. The Hall–Kier alpha value is -3.64. The molecule has 7 heteroatoms. The zero-order valence-corrected chi connectivity index (χ0v) is 16.8. The molecule has 0 aliphatic carbocycles. The number of nitrogens with zero attached hydrogens (tertiary/aromatic N) is 2. The van der Waals surface area contributed by atoms with Crippen LogP contribution < -0.4 is 4.74 Å². The largest absolute Gasteiger partial charge is 0.488 e. The van der Waals surface area contributed by atoms with Crippen LogP contribution >= 0.6 is 11.6 Å². The molecule has 0 aliphatic heterocycles. The van der Waals surface area contributed by atoms with Gasteiger partial charge in [-0.3, -0.25) is 10.1 Å². The molecule has 0 fully saturated rings. The van der Waals surface area contributed by atoms with E-state index in [1.54, 1.807) is 12.2 Å². The van der Waals surface area contributed by atoms with Crippen LogP contribution in [0.4, 0.5) is 5.69 Å². The first-order valence-corrected chi connectivity index (χ1v) is 9.58. The second kappa shape index (κ2) is 8.39. The molecular formula is C23H17ClN2O4. The Morgan fingerprint density at radius 2 is 1.87 bits per heavy atom. The predicted octanol–water partition coefficient (Wildman–Crippen LogP) is 6.45. The van der Waals surface area contributed by atoms with E-state index in [1.807, 2.05) is 60.7 Å². The number of aryl methyl sites for hydroxylation is 1. The molecular weight excluding hydrogens is 404 g/mol. The number of nitro groups is 1. The molecule has 0 bridgehead atoms. The maximum absolute atomic E-state index is 11.3. The Balaban J connectivity index is 1.72. The van der Waals surface area contributed by atoms with Crippen LogP contribution in [0, 0.1) is 17.0 Å². The van der Waals surface area contributed by atoms with Crippen LogP contribution in [0.2, 0.25) is 5.02 Å². The summed E-state index contributed by atoms with van der Waals surface area (Å²) in [6, 6.07) is 19.2. The van der Waals surface area contributed by atoms with Gasteiger partial charge in [0.25, 0.3) is 0 Å². The van der Waals surface area contributed by atoms with Crippen LogP contribution in [-0.2, 0) is 6.61 Å². The van der Waals surface area contributed by atoms with Crippen molar-refractivity contribution in [1.82, 2.24) is 5.16 Å². The van der Waals surface area contributed by atoms with Gasteiger partial charge in [0.1, 0.15) is 12.4 Å². The van der Waals surface area contributed by atoms with Crippen LogP contribution in [0.5, 0.6) is 5.75 Å². The van der Waals surface area contributed by atoms with Crippen molar-refractivity contribution in [3.05, 3.63) is 98.4 Å². The number of fused-ring (bicyclic) bond motifs is 1. The Morgan fingerprint density at radius 1 is 1.10 bits per heavy atom. The summed E-state index contributed by atoms with van der Waals surface area (Å²) in [5.41, 5.74) is 1.86. The van der Waals surface area contributed by atoms with Gasteiger partial charge >= 0.3 is 5.69 Å². The van der Waals surface area contributed by atoms with Gasteiger partial charge in [-0.05, 0) is 53.6 Å². The summed E-state index contributed by atoms with van der Waals surface area (Å²) in [6.45, 7) is 1.90. The van der Waals surface area contributed by atoms with Crippen molar-refractivity contribution < 1.29 is 14.2 Å². The lowest BCUT2D eigenvalue weighted by Gasteiger charge is -2.12. The molecule has 0 aliphatic rings. The summed E-state index contributed by atoms with van der Waals surface area (Å²) in [5.74, 6) is 0.743. The minimum Gasteiger partial charge on any atom is -0.488 e. The van der Waals surface area contributed by atoms with Crippen LogP contribution in [0.3, 0.4) is 0 Å². The predicted molar refractivity (Wildman–Crippen MR) is 117 cm³/mol. The van der Waals surface area contributed by atoms with Crippen molar-refractivity contribution in [2.24, 2.45) is 0 Å². The van der Waals surface area contributed by atoms with E-state index >= 15 is 0 Å². The number of halogens is 1. The molecule has 150 valence electrons. The third-order valence-electron chi connectivity index (χ3n) is 4.68. The number of rotatable bonds is 6. The maximum atomic E-state index is 11.3. The number of ether oxygens (including phenoxy) is 1. The van der Waals surface area contributed by atoms with Crippen molar-refractivity contribution in [2.75, 3.05) is 0 Å². The summed E-state index contributed by atoms with van der Waals surface area (Å²) in [6.07, 6.45) is 3.31. The fraction of sp³-hybridized carbons (Fsp3) is 0.0870. The summed E-state index contributed by atoms with van der Waals surface area (Å²) in [7, 11) is 0. The van der Waals surface area contributed by atoms with E-state index in [9.17, 15) is 10.1 Å². The van der Waals surface area contributed by atoms with Crippen molar-refractivity contribution in [1.29, 1.82) is 0 Å². The molecule has 1 aromatic heterocycles. The van der Waals surface area contributed by atoms with E-state index in [-0.39, 0.29) is 17.1 Å². The molecule has 6 nitrogen and oxygen atoms in total. The van der Waals surface area contributed by atoms with Gasteiger partial charge in [0.15, 0.2) is 5.69 Å². The van der Waals surface area contributed by atoms with Crippen molar-refractivity contribution in [2.45, 2.75) is 13.5 Å². The maximum Gasteiger partial charge on any atom is 0.338 e. The molecule has 4 aromatic rings. The highest BCUT2D eigenvalue weighted by Crippen LogP contribution is 2.32. The highest BCUT2D eigenvalue weighted by molar-refractivity contribution is 6.30. The Morgan fingerprint density at radius 3 is 2.63 bits per heavy atom. The molecule has 0 radical (unpaired) electrons. The van der Waals surface area contributed by atoms with Gasteiger partial charge in [0.2, 0.25) is 5.76 Å². The van der Waals surface area contributed by atoms with Gasteiger partial charge in [0, 0.05) is 10.6 Å². The Kier molecular flexibility index (Phi) is 5.50. The first-order valence-electron chi connectivity index (χ1n) is 9.20. The van der Waals surface area contributed by atoms with Gasteiger partial charge in [-0.15, -0.1) is 0 Å². The van der Waals surface area contributed by atoms with Crippen LogP contribution in [0.15, 0.2) is 65.2 Å². The molecule has 0 N–H and O–H groups in total. The second-order valence-electron chi connectivity index (χ2n) is 6.68. The minimum absolute atomic E-state index is 0.0917. The summed E-state index contributed by atoms with van der Waals surface area (Å²) in [4.78, 5) is 10.8. The minimum atomic E-state index is -0.493. The summed E-state index contributed by atoms with van der Waals surface area (Å²) in [5, 5.41) is 17.7. The van der Waals surface area contributed by atoms with Gasteiger partial charge < -0.3 is 9.26 Å². The molecule has 0 saturated heterocycles. The number of hydrogen-bond acceptors (Lipinski definition) is 5. The van der Waals surface area contributed by atoms with E-state index in [4.69, 9.17) is 20.9 Å². The second-order valence-corrected chi connectivity index (χ2v) is 7.12. The third kappa shape index (κ3) is 4.04. The monoisotopic (exact) mass is 420 g/mol. The Bertz CT molecular complexity index is 1250. The normalized spacial score (nSPS) is 11.3. The van der Waals surface area contributed by atoms with Gasteiger partial charge in [-0.25, -0.2) is 0 Å². The standard InChI is InChI=1S/C23H17ClN2O4/c1-15-23(26(27)28)22(30-25-15)13-11-20-19-5-3-2-4-17(19)8-12-21(20)29-14-16-6-9-18(24)10-7-16/h2-13H,14H2,1H3/b13-11-. The van der Waals surface area contributed by atoms with Crippen molar-refractivity contribution >= 4 is 40.2 Å². The molecule has 0 atom stereocenters. The van der Waals surface area contributed by atoms with E-state index in [1.165, 1.54) is 6.92 Å². The van der Waals surface area contributed by atoms with Crippen LogP contribution in [0.25, 0.3) is 22.9 Å². The van der Waals surface area contributed by atoms with Crippen LogP contribution in [-0.4, -0.2) is 10.1 Å². The number of aromatic nitrogens is 1. The molecule has 3 aromatic carbocycles. The van der Waals surface area contributed by atoms with Crippen molar-refractivity contribution in [3.63, 3.8) is 0 Å². The van der Waals surface area contributed by atoms with E-state index < -0.39 is 4.92 Å². The van der Waals surface area contributed by atoms with Crippen molar-refractivity contribution in [3.8, 4) is 5.75 Å². The molecule has 0 spiro atoms. The lowest BCUT2D eigenvalue weighted by Crippen LogP contribution is -1.97. The van der Waals surface area contributed by atoms with Gasteiger partial charge in [-0.1, -0.05) is 59.2 Å². The fourth-order valence-corrected chi connectivity index (χ4v) is 3.31. The highest BCUT2D eigenvalue weighted by atomic mass is 35.5. The van der Waals surface area contributed by atoms with E-state index in [2.05, 4.69) is 5.16 Å². The van der Waals surface area contributed by atoms with Crippen LogP contribution in [0.1, 0.15) is 22.6 Å². The topological polar surface area (TPSA) is 78.4 Å². The smallest absolute Gasteiger partial charge is 0.338 e. The fourth-order valence-electron chi connectivity index (χ4n) is 3.19. The van der Waals surface area contributed by atoms with E-state index in [0.29, 0.717) is 17.4 Å². The summed E-state index contributed by atoms with van der Waals surface area (Å²) >= 11 is 5.94. The van der Waals surface area contributed by atoms with Gasteiger partial charge in [0.05, 0.1) is 4.92 Å². The number of hydrogen-bond donors (Lipinski definition) is 0. The van der Waals surface area contributed by atoms with Gasteiger partial charge in [-0.2, -0.15) is 0 Å². The summed E-state index contributed by atoms with van der Waals surface area (Å²) < 4.78 is 11.2. The molecule has 0 saturated carbocycles. The average molecular weight is 421 g/mol. The zero-order valence-electron chi connectivity index (χ0n) is 16.0. The first kappa shape index (κ1) is 19.7.